The van der Waals surface area contributed by atoms with Gasteiger partial charge in [-0.05, 0) is 44.5 Å². The van der Waals surface area contributed by atoms with Crippen molar-refractivity contribution >= 4 is 12.2 Å². The molecule has 0 unspecified atom stereocenters. The van der Waals surface area contributed by atoms with E-state index in [1.165, 1.54) is 0 Å². The number of ether oxygens (including phenoxy) is 1. The summed E-state index contributed by atoms with van der Waals surface area (Å²) in [6, 6.07) is 7.92. The lowest BCUT2D eigenvalue weighted by atomic mass is 10.1. The molecule has 3 heteroatoms. The minimum atomic E-state index is 0.852. The first-order valence-corrected chi connectivity index (χ1v) is 6.24. The monoisotopic (exact) mass is 254 g/mol. The molecular formula is C16H18N2O. The van der Waals surface area contributed by atoms with Crippen LogP contribution in [0.25, 0.3) is 12.2 Å². The summed E-state index contributed by atoms with van der Waals surface area (Å²) in [7, 11) is 1.67. The molecule has 0 aliphatic carbocycles. The summed E-state index contributed by atoms with van der Waals surface area (Å²) in [6.07, 6.45) is 4.01. The first-order chi connectivity index (χ1) is 9.10. The number of aromatic nitrogens is 2. The third kappa shape index (κ3) is 3.19. The Bertz CT molecular complexity index is 618. The van der Waals surface area contributed by atoms with Gasteiger partial charge in [0.2, 0.25) is 0 Å². The lowest BCUT2D eigenvalue weighted by Crippen LogP contribution is -1.98. The number of methoxy groups -OCH3 is 1. The summed E-state index contributed by atoms with van der Waals surface area (Å²) in [5.41, 5.74) is 4.89. The summed E-state index contributed by atoms with van der Waals surface area (Å²) in [5.74, 6) is 0.852. The van der Waals surface area contributed by atoms with Crippen molar-refractivity contribution in [1.29, 1.82) is 0 Å². The van der Waals surface area contributed by atoms with Crippen LogP contribution in [-0.2, 0) is 0 Å². The van der Waals surface area contributed by atoms with Crippen LogP contribution in [0.15, 0.2) is 24.3 Å². The van der Waals surface area contributed by atoms with Gasteiger partial charge in [-0.2, -0.15) is 0 Å². The van der Waals surface area contributed by atoms with E-state index in [2.05, 4.69) is 9.97 Å². The third-order valence-electron chi connectivity index (χ3n) is 3.05. The molecule has 0 amide bonds. The van der Waals surface area contributed by atoms with Gasteiger partial charge < -0.3 is 4.74 Å². The van der Waals surface area contributed by atoms with Gasteiger partial charge >= 0.3 is 0 Å². The highest BCUT2D eigenvalue weighted by molar-refractivity contribution is 5.69. The number of hydrogen-bond donors (Lipinski definition) is 0. The summed E-state index contributed by atoms with van der Waals surface area (Å²) >= 11 is 0. The van der Waals surface area contributed by atoms with E-state index in [4.69, 9.17) is 4.74 Å². The van der Waals surface area contributed by atoms with Crippen LogP contribution < -0.4 is 4.74 Å². The second-order valence-electron chi connectivity index (χ2n) is 4.48. The van der Waals surface area contributed by atoms with Gasteiger partial charge in [0.05, 0.1) is 29.9 Å². The van der Waals surface area contributed by atoms with Gasteiger partial charge in [-0.15, -0.1) is 0 Å². The van der Waals surface area contributed by atoms with Crippen LogP contribution in [0.3, 0.4) is 0 Å². The zero-order chi connectivity index (χ0) is 13.8. The van der Waals surface area contributed by atoms with Gasteiger partial charge in [-0.25, -0.2) is 4.98 Å². The maximum Gasteiger partial charge on any atom is 0.119 e. The molecule has 0 spiro atoms. The standard InChI is InChI=1S/C16H18N2O/c1-11-12(2)18-16(13(3)17-11)9-8-14-6-5-7-15(10-14)19-4/h5-10H,1-4H3/b9-8+. The highest BCUT2D eigenvalue weighted by atomic mass is 16.5. The third-order valence-corrected chi connectivity index (χ3v) is 3.05. The molecule has 3 nitrogen and oxygen atoms in total. The number of hydrogen-bond acceptors (Lipinski definition) is 3. The fourth-order valence-corrected chi connectivity index (χ4v) is 1.81. The average Bonchev–Trinajstić information content (AvgIpc) is 2.41. The van der Waals surface area contributed by atoms with Crippen LogP contribution in [0.4, 0.5) is 0 Å². The van der Waals surface area contributed by atoms with E-state index in [9.17, 15) is 0 Å². The quantitative estimate of drug-likeness (QED) is 0.839. The number of benzene rings is 1. The Morgan fingerprint density at radius 3 is 2.42 bits per heavy atom. The Morgan fingerprint density at radius 1 is 0.947 bits per heavy atom. The van der Waals surface area contributed by atoms with Crippen molar-refractivity contribution in [2.24, 2.45) is 0 Å². The fourth-order valence-electron chi connectivity index (χ4n) is 1.81. The summed E-state index contributed by atoms with van der Waals surface area (Å²) in [4.78, 5) is 9.03. The molecule has 1 heterocycles. The molecule has 1 aromatic heterocycles. The highest BCUT2D eigenvalue weighted by Gasteiger charge is 2.02. The molecule has 0 bridgehead atoms. The van der Waals surface area contributed by atoms with Crippen LogP contribution in [0, 0.1) is 20.8 Å². The number of aryl methyl sites for hydroxylation is 3. The second kappa shape index (κ2) is 5.65. The molecule has 0 saturated carbocycles. The van der Waals surface area contributed by atoms with Crippen LogP contribution in [0.2, 0.25) is 0 Å². The van der Waals surface area contributed by atoms with Crippen LogP contribution in [-0.4, -0.2) is 17.1 Å². The zero-order valence-electron chi connectivity index (χ0n) is 11.8. The molecule has 0 aliphatic rings. The topological polar surface area (TPSA) is 35.0 Å². The Balaban J connectivity index is 2.29. The number of rotatable bonds is 3. The minimum absolute atomic E-state index is 0.852. The Kier molecular flexibility index (Phi) is 3.95. The predicted octanol–water partition coefficient (Wildman–Crippen LogP) is 3.58. The summed E-state index contributed by atoms with van der Waals surface area (Å²) in [6.45, 7) is 5.93. The van der Waals surface area contributed by atoms with E-state index in [1.54, 1.807) is 7.11 Å². The van der Waals surface area contributed by atoms with Crippen molar-refractivity contribution < 1.29 is 4.74 Å². The van der Waals surface area contributed by atoms with Crippen LogP contribution in [0.1, 0.15) is 28.3 Å². The molecule has 0 radical (unpaired) electrons. The molecule has 2 rings (SSSR count). The fraction of sp³-hybridized carbons (Fsp3) is 0.250. The van der Waals surface area contributed by atoms with Gasteiger partial charge in [0.15, 0.2) is 0 Å². The normalized spacial score (nSPS) is 10.9. The van der Waals surface area contributed by atoms with E-state index < -0.39 is 0 Å². The second-order valence-corrected chi connectivity index (χ2v) is 4.48. The maximum atomic E-state index is 5.20. The van der Waals surface area contributed by atoms with Gasteiger partial charge in [0, 0.05) is 0 Å². The minimum Gasteiger partial charge on any atom is -0.497 e. The van der Waals surface area contributed by atoms with E-state index in [1.807, 2.05) is 57.2 Å². The smallest absolute Gasteiger partial charge is 0.119 e. The molecular weight excluding hydrogens is 236 g/mol. The summed E-state index contributed by atoms with van der Waals surface area (Å²) < 4.78 is 5.20. The van der Waals surface area contributed by atoms with Gasteiger partial charge in [-0.3, -0.25) is 4.98 Å². The first kappa shape index (κ1) is 13.3. The SMILES string of the molecule is COc1cccc(/C=C/c2nc(C)c(C)nc2C)c1. The van der Waals surface area contributed by atoms with Crippen molar-refractivity contribution in [3.8, 4) is 5.75 Å². The lowest BCUT2D eigenvalue weighted by molar-refractivity contribution is 0.414. The molecule has 98 valence electrons. The Morgan fingerprint density at radius 2 is 1.68 bits per heavy atom. The molecule has 0 N–H and O–H groups in total. The molecule has 0 fully saturated rings. The van der Waals surface area contributed by atoms with E-state index in [-0.39, 0.29) is 0 Å². The van der Waals surface area contributed by atoms with Crippen LogP contribution in [0.5, 0.6) is 5.75 Å². The lowest BCUT2D eigenvalue weighted by Gasteiger charge is -2.04. The van der Waals surface area contributed by atoms with Gasteiger partial charge in [-0.1, -0.05) is 18.2 Å². The van der Waals surface area contributed by atoms with Crippen molar-refractivity contribution in [3.05, 3.63) is 52.6 Å². The highest BCUT2D eigenvalue weighted by Crippen LogP contribution is 2.16. The van der Waals surface area contributed by atoms with E-state index in [0.717, 1.165) is 34.1 Å². The molecule has 2 aromatic rings. The largest absolute Gasteiger partial charge is 0.497 e. The van der Waals surface area contributed by atoms with Gasteiger partial charge in [0.25, 0.3) is 0 Å². The predicted molar refractivity (Wildman–Crippen MR) is 78.2 cm³/mol. The first-order valence-electron chi connectivity index (χ1n) is 6.24. The van der Waals surface area contributed by atoms with Crippen LogP contribution >= 0.6 is 0 Å². The van der Waals surface area contributed by atoms with Crippen molar-refractivity contribution in [3.63, 3.8) is 0 Å². The Labute approximate surface area is 114 Å². The number of nitrogens with zero attached hydrogens (tertiary/aromatic N) is 2. The molecule has 0 atom stereocenters. The Hall–Kier alpha value is -2.16. The molecule has 0 saturated heterocycles. The zero-order valence-corrected chi connectivity index (χ0v) is 11.8. The van der Waals surface area contributed by atoms with Crippen molar-refractivity contribution in [1.82, 2.24) is 9.97 Å². The molecule has 0 aliphatic heterocycles. The van der Waals surface area contributed by atoms with Gasteiger partial charge in [0.1, 0.15) is 5.75 Å². The molecule has 19 heavy (non-hydrogen) atoms. The average molecular weight is 254 g/mol. The molecule has 1 aromatic carbocycles. The van der Waals surface area contributed by atoms with Crippen molar-refractivity contribution in [2.45, 2.75) is 20.8 Å². The van der Waals surface area contributed by atoms with Crippen molar-refractivity contribution in [2.75, 3.05) is 7.11 Å². The summed E-state index contributed by atoms with van der Waals surface area (Å²) in [5, 5.41) is 0. The van der Waals surface area contributed by atoms with E-state index >= 15 is 0 Å². The van der Waals surface area contributed by atoms with E-state index in [0.29, 0.717) is 0 Å². The maximum absolute atomic E-state index is 5.20.